The fourth-order valence-corrected chi connectivity index (χ4v) is 1.53. The number of nitrogens with zero attached hydrogens (tertiary/aromatic N) is 2. The molecule has 0 aliphatic heterocycles. The molecule has 7 heteroatoms. The van der Waals surface area contributed by atoms with E-state index in [0.717, 1.165) is 17.7 Å². The Morgan fingerprint density at radius 1 is 1.37 bits per heavy atom. The number of anilines is 1. The average molecular weight is 261 g/mol. The van der Waals surface area contributed by atoms with Crippen LogP contribution < -0.4 is 15.4 Å². The van der Waals surface area contributed by atoms with Gasteiger partial charge in [-0.1, -0.05) is 12.1 Å². The predicted octanol–water partition coefficient (Wildman–Crippen LogP) is 1.18. The van der Waals surface area contributed by atoms with E-state index < -0.39 is 0 Å². The normalized spacial score (nSPS) is 9.95. The van der Waals surface area contributed by atoms with Crippen molar-refractivity contribution in [2.24, 2.45) is 0 Å². The Hall–Kier alpha value is -2.57. The first kappa shape index (κ1) is 12.9. The maximum atomic E-state index is 11.5. The van der Waals surface area contributed by atoms with Crippen LogP contribution in [0, 0.1) is 0 Å². The second kappa shape index (κ2) is 6.39. The molecule has 0 saturated carbocycles. The number of hydrogen-bond acceptors (Lipinski definition) is 4. The number of aromatic nitrogens is 3. The molecule has 0 aliphatic carbocycles. The molecule has 7 nitrogen and oxygen atoms in total. The summed E-state index contributed by atoms with van der Waals surface area (Å²) in [5.41, 5.74) is 1.13. The molecule has 0 spiro atoms. The molecule has 2 amide bonds. The van der Waals surface area contributed by atoms with E-state index in [1.807, 2.05) is 24.3 Å². The van der Waals surface area contributed by atoms with Gasteiger partial charge in [0, 0.05) is 6.54 Å². The molecular formula is C12H15N5O2. The van der Waals surface area contributed by atoms with Crippen LogP contribution in [0.15, 0.2) is 30.5 Å². The van der Waals surface area contributed by atoms with Gasteiger partial charge in [-0.25, -0.2) is 4.79 Å². The molecule has 100 valence electrons. The van der Waals surface area contributed by atoms with E-state index in [2.05, 4.69) is 26.0 Å². The van der Waals surface area contributed by atoms with Crippen LogP contribution in [0.5, 0.6) is 5.75 Å². The minimum Gasteiger partial charge on any atom is -0.497 e. The van der Waals surface area contributed by atoms with Gasteiger partial charge in [-0.15, -0.1) is 5.10 Å². The first-order valence-electron chi connectivity index (χ1n) is 5.81. The Morgan fingerprint density at radius 2 is 2.16 bits per heavy atom. The summed E-state index contributed by atoms with van der Waals surface area (Å²) in [5, 5.41) is 15.0. The fourth-order valence-electron chi connectivity index (χ4n) is 1.53. The standard InChI is InChI=1S/C12H15N5O2/c1-19-10-4-2-9(3-5-10)6-7-13-12(18)15-11-8-14-17-16-11/h2-5,8H,6-7H2,1H3,(H3,13,14,15,16,17,18). The van der Waals surface area contributed by atoms with Crippen molar-refractivity contribution in [3.8, 4) is 5.75 Å². The van der Waals surface area contributed by atoms with Crippen molar-refractivity contribution in [3.05, 3.63) is 36.0 Å². The van der Waals surface area contributed by atoms with Gasteiger partial charge in [0.05, 0.1) is 13.3 Å². The lowest BCUT2D eigenvalue weighted by atomic mass is 10.1. The second-order valence-electron chi connectivity index (χ2n) is 3.83. The van der Waals surface area contributed by atoms with Gasteiger partial charge in [0.15, 0.2) is 5.82 Å². The highest BCUT2D eigenvalue weighted by Gasteiger charge is 2.02. The zero-order valence-electron chi connectivity index (χ0n) is 10.5. The van der Waals surface area contributed by atoms with Gasteiger partial charge in [-0.05, 0) is 24.1 Å². The van der Waals surface area contributed by atoms with Crippen LogP contribution in [0.4, 0.5) is 10.6 Å². The molecule has 0 atom stereocenters. The lowest BCUT2D eigenvalue weighted by Crippen LogP contribution is -2.30. The molecule has 19 heavy (non-hydrogen) atoms. The van der Waals surface area contributed by atoms with E-state index in [0.29, 0.717) is 12.4 Å². The van der Waals surface area contributed by atoms with Crippen LogP contribution in [0.2, 0.25) is 0 Å². The molecule has 2 aromatic rings. The fraction of sp³-hybridized carbons (Fsp3) is 0.250. The monoisotopic (exact) mass is 261 g/mol. The van der Waals surface area contributed by atoms with E-state index in [-0.39, 0.29) is 6.03 Å². The number of rotatable bonds is 5. The van der Waals surface area contributed by atoms with Crippen molar-refractivity contribution in [2.75, 3.05) is 19.0 Å². The zero-order chi connectivity index (χ0) is 13.5. The van der Waals surface area contributed by atoms with Crippen LogP contribution in [0.1, 0.15) is 5.56 Å². The summed E-state index contributed by atoms with van der Waals surface area (Å²) < 4.78 is 5.08. The Morgan fingerprint density at radius 3 is 2.79 bits per heavy atom. The summed E-state index contributed by atoms with van der Waals surface area (Å²) in [6.07, 6.45) is 2.18. The summed E-state index contributed by atoms with van der Waals surface area (Å²) in [4.78, 5) is 11.5. The largest absolute Gasteiger partial charge is 0.497 e. The van der Waals surface area contributed by atoms with E-state index in [1.165, 1.54) is 6.20 Å². The van der Waals surface area contributed by atoms with Crippen molar-refractivity contribution >= 4 is 11.8 Å². The van der Waals surface area contributed by atoms with Crippen LogP contribution in [-0.4, -0.2) is 35.1 Å². The molecule has 0 unspecified atom stereocenters. The number of hydrogen-bond donors (Lipinski definition) is 3. The highest BCUT2D eigenvalue weighted by molar-refractivity contribution is 5.87. The number of amides is 2. The third-order valence-electron chi connectivity index (χ3n) is 2.51. The van der Waals surface area contributed by atoms with Crippen molar-refractivity contribution in [1.29, 1.82) is 0 Å². The molecule has 0 aliphatic rings. The smallest absolute Gasteiger partial charge is 0.320 e. The number of ether oxygens (including phenoxy) is 1. The molecule has 3 N–H and O–H groups in total. The highest BCUT2D eigenvalue weighted by atomic mass is 16.5. The number of nitrogens with one attached hydrogen (secondary N) is 3. The number of methoxy groups -OCH3 is 1. The molecule has 0 saturated heterocycles. The molecule has 0 radical (unpaired) electrons. The van der Waals surface area contributed by atoms with Crippen molar-refractivity contribution in [1.82, 2.24) is 20.7 Å². The van der Waals surface area contributed by atoms with Crippen LogP contribution >= 0.6 is 0 Å². The number of urea groups is 1. The van der Waals surface area contributed by atoms with E-state index in [1.54, 1.807) is 7.11 Å². The Bertz CT molecular complexity index is 509. The number of H-pyrrole nitrogens is 1. The van der Waals surface area contributed by atoms with Gasteiger partial charge in [0.1, 0.15) is 5.75 Å². The maximum absolute atomic E-state index is 11.5. The lowest BCUT2D eigenvalue weighted by molar-refractivity contribution is 0.252. The number of aromatic amines is 1. The quantitative estimate of drug-likeness (QED) is 0.753. The molecule has 1 heterocycles. The summed E-state index contributed by atoms with van der Waals surface area (Å²) in [5.74, 6) is 1.21. The minimum absolute atomic E-state index is 0.303. The Kier molecular flexibility index (Phi) is 4.33. The van der Waals surface area contributed by atoms with Crippen LogP contribution in [0.3, 0.4) is 0 Å². The first-order valence-corrected chi connectivity index (χ1v) is 5.81. The third kappa shape index (κ3) is 3.98. The van der Waals surface area contributed by atoms with Crippen molar-refractivity contribution in [3.63, 3.8) is 0 Å². The first-order chi connectivity index (χ1) is 9.28. The summed E-state index contributed by atoms with van der Waals surface area (Å²) in [6.45, 7) is 0.538. The van der Waals surface area contributed by atoms with Crippen LogP contribution in [0.25, 0.3) is 0 Å². The van der Waals surface area contributed by atoms with Gasteiger partial charge in [-0.2, -0.15) is 10.3 Å². The lowest BCUT2D eigenvalue weighted by Gasteiger charge is -2.06. The maximum Gasteiger partial charge on any atom is 0.320 e. The molecule has 2 rings (SSSR count). The summed E-state index contributed by atoms with van der Waals surface area (Å²) in [6, 6.07) is 7.42. The van der Waals surface area contributed by atoms with Crippen molar-refractivity contribution < 1.29 is 9.53 Å². The van der Waals surface area contributed by atoms with E-state index >= 15 is 0 Å². The molecule has 1 aromatic heterocycles. The molecule has 1 aromatic carbocycles. The van der Waals surface area contributed by atoms with Gasteiger partial charge in [-0.3, -0.25) is 5.32 Å². The SMILES string of the molecule is COc1ccc(CCNC(=O)Nc2cn[nH]n2)cc1. The predicted molar refractivity (Wildman–Crippen MR) is 70.1 cm³/mol. The van der Waals surface area contributed by atoms with Gasteiger partial charge >= 0.3 is 6.03 Å². The molecular weight excluding hydrogens is 246 g/mol. The summed E-state index contributed by atoms with van der Waals surface area (Å²) >= 11 is 0. The topological polar surface area (TPSA) is 91.9 Å². The summed E-state index contributed by atoms with van der Waals surface area (Å²) in [7, 11) is 1.63. The van der Waals surface area contributed by atoms with E-state index in [9.17, 15) is 4.79 Å². The highest BCUT2D eigenvalue weighted by Crippen LogP contribution is 2.11. The zero-order valence-corrected chi connectivity index (χ0v) is 10.5. The number of carbonyl (C=O) groups excluding carboxylic acids is 1. The van der Waals surface area contributed by atoms with Crippen molar-refractivity contribution in [2.45, 2.75) is 6.42 Å². The number of benzene rings is 1. The number of carbonyl (C=O) groups is 1. The van der Waals surface area contributed by atoms with Gasteiger partial charge in [0.25, 0.3) is 0 Å². The Labute approximate surface area is 110 Å². The molecule has 0 bridgehead atoms. The van der Waals surface area contributed by atoms with Gasteiger partial charge in [0.2, 0.25) is 0 Å². The van der Waals surface area contributed by atoms with Crippen LogP contribution in [-0.2, 0) is 6.42 Å². The van der Waals surface area contributed by atoms with E-state index in [4.69, 9.17) is 4.74 Å². The Balaban J connectivity index is 1.72. The van der Waals surface area contributed by atoms with Gasteiger partial charge < -0.3 is 10.1 Å². The molecule has 0 fully saturated rings. The third-order valence-corrected chi connectivity index (χ3v) is 2.51. The second-order valence-corrected chi connectivity index (χ2v) is 3.83. The minimum atomic E-state index is -0.303. The average Bonchev–Trinajstić information content (AvgIpc) is 2.92.